The van der Waals surface area contributed by atoms with Gasteiger partial charge in [0.05, 0.1) is 12.3 Å². The molecule has 1 aliphatic heterocycles. The van der Waals surface area contributed by atoms with Gasteiger partial charge in [-0.3, -0.25) is 0 Å². The van der Waals surface area contributed by atoms with E-state index in [1.807, 2.05) is 11.8 Å². The van der Waals surface area contributed by atoms with Gasteiger partial charge >= 0.3 is 0 Å². The van der Waals surface area contributed by atoms with Crippen LogP contribution in [0.15, 0.2) is 59.6 Å². The summed E-state index contributed by atoms with van der Waals surface area (Å²) in [5, 5.41) is 10.4. The zero-order chi connectivity index (χ0) is 21.6. The lowest BCUT2D eigenvalue weighted by atomic mass is 10.0. The molecule has 0 spiro atoms. The van der Waals surface area contributed by atoms with E-state index in [0.29, 0.717) is 0 Å². The van der Waals surface area contributed by atoms with Gasteiger partial charge in [0.1, 0.15) is 10.8 Å². The van der Waals surface area contributed by atoms with Gasteiger partial charge in [-0.2, -0.15) is 0 Å². The minimum Gasteiger partial charge on any atom is -0.494 e. The first-order chi connectivity index (χ1) is 15.9. The lowest BCUT2D eigenvalue weighted by molar-refractivity contribution is 0.263. The Morgan fingerprint density at radius 3 is 2.44 bits per heavy atom. The van der Waals surface area contributed by atoms with E-state index in [-0.39, 0.29) is 0 Å². The van der Waals surface area contributed by atoms with Gasteiger partial charge in [-0.15, -0.1) is 10.2 Å². The Morgan fingerprint density at radius 2 is 1.62 bits per heavy atom. The van der Waals surface area contributed by atoms with Gasteiger partial charge in [0.2, 0.25) is 0 Å². The van der Waals surface area contributed by atoms with Gasteiger partial charge in [-0.25, -0.2) is 0 Å². The Bertz CT molecular complexity index is 1020. The highest BCUT2D eigenvalue weighted by atomic mass is 32.2. The molecule has 32 heavy (non-hydrogen) atoms. The molecule has 0 saturated carbocycles. The van der Waals surface area contributed by atoms with Crippen molar-refractivity contribution in [3.63, 3.8) is 0 Å². The molecule has 166 valence electrons. The molecule has 5 rings (SSSR count). The molecule has 4 nitrogen and oxygen atoms in total. The Balaban J connectivity index is 1.22. The van der Waals surface area contributed by atoms with Crippen LogP contribution in [0.5, 0.6) is 5.75 Å². The fourth-order valence-corrected chi connectivity index (χ4v) is 5.72. The number of ether oxygens (including phenoxy) is 1. The minimum absolute atomic E-state index is 0.776. The Morgan fingerprint density at radius 1 is 0.844 bits per heavy atom. The largest absolute Gasteiger partial charge is 0.494 e. The number of benzene rings is 2. The third kappa shape index (κ3) is 5.16. The van der Waals surface area contributed by atoms with E-state index in [1.165, 1.54) is 49.0 Å². The van der Waals surface area contributed by atoms with E-state index in [0.717, 1.165) is 60.2 Å². The second kappa shape index (κ2) is 10.5. The summed E-state index contributed by atoms with van der Waals surface area (Å²) in [5.74, 6) is 1.88. The average Bonchev–Trinajstić information content (AvgIpc) is 3.54. The number of fused-ring (bicyclic) bond motifs is 1. The van der Waals surface area contributed by atoms with Gasteiger partial charge in [-0.1, -0.05) is 42.1 Å². The normalized spacial score (nSPS) is 15.8. The summed E-state index contributed by atoms with van der Waals surface area (Å²) in [6.07, 6.45) is 7.17. The highest BCUT2D eigenvalue weighted by Crippen LogP contribution is 2.36. The topological polar surface area (TPSA) is 38.3 Å². The van der Waals surface area contributed by atoms with Crippen LogP contribution >= 0.6 is 11.8 Å². The van der Waals surface area contributed by atoms with E-state index in [9.17, 15) is 0 Å². The number of rotatable bonds is 9. The predicted octanol–water partition coefficient (Wildman–Crippen LogP) is 5.79. The zero-order valence-corrected chi connectivity index (χ0v) is 19.4. The summed E-state index contributed by atoms with van der Waals surface area (Å²) in [4.78, 5) is 2.54. The monoisotopic (exact) mass is 445 g/mol. The number of hydrogen-bond donors (Lipinski definition) is 0. The summed E-state index contributed by atoms with van der Waals surface area (Å²) in [6, 6.07) is 19.0. The number of hydrogen-bond acceptors (Lipinski definition) is 5. The van der Waals surface area contributed by atoms with E-state index in [4.69, 9.17) is 4.74 Å². The quantitative estimate of drug-likeness (QED) is 0.308. The summed E-state index contributed by atoms with van der Waals surface area (Å²) in [7, 11) is 0. The van der Waals surface area contributed by atoms with Gasteiger partial charge in [0, 0.05) is 17.9 Å². The van der Waals surface area contributed by atoms with Crippen LogP contribution in [0.4, 0.5) is 0 Å². The molecule has 1 fully saturated rings. The summed E-state index contributed by atoms with van der Waals surface area (Å²) >= 11 is 1.81. The van der Waals surface area contributed by atoms with Crippen LogP contribution < -0.4 is 4.74 Å². The first-order valence-corrected chi connectivity index (χ1v) is 12.9. The molecule has 2 heterocycles. The first-order valence-electron chi connectivity index (χ1n) is 11.9. The predicted molar refractivity (Wildman–Crippen MR) is 131 cm³/mol. The molecule has 0 radical (unpaired) electrons. The Hall–Kier alpha value is -2.37. The number of thioether (sulfide) groups is 1. The van der Waals surface area contributed by atoms with Crippen LogP contribution in [0.3, 0.4) is 0 Å². The molecule has 0 unspecified atom stereocenters. The van der Waals surface area contributed by atoms with Crippen molar-refractivity contribution in [1.29, 1.82) is 0 Å². The van der Waals surface area contributed by atoms with E-state index in [1.54, 1.807) is 0 Å². The van der Waals surface area contributed by atoms with Gasteiger partial charge in [0.15, 0.2) is 0 Å². The molecule has 3 aromatic rings. The Kier molecular flexibility index (Phi) is 7.04. The van der Waals surface area contributed by atoms with Crippen LogP contribution in [0, 0.1) is 0 Å². The third-order valence-corrected chi connectivity index (χ3v) is 7.51. The van der Waals surface area contributed by atoms with Crippen molar-refractivity contribution < 1.29 is 4.74 Å². The highest BCUT2D eigenvalue weighted by Gasteiger charge is 2.22. The summed E-state index contributed by atoms with van der Waals surface area (Å²) in [6.45, 7) is 4.43. The summed E-state index contributed by atoms with van der Waals surface area (Å²) < 4.78 is 5.98. The van der Waals surface area contributed by atoms with Crippen molar-refractivity contribution in [2.75, 3.05) is 26.2 Å². The maximum atomic E-state index is 5.98. The molecule has 0 bridgehead atoms. The second-order valence-electron chi connectivity index (χ2n) is 8.71. The van der Waals surface area contributed by atoms with Crippen LogP contribution in [-0.2, 0) is 18.6 Å². The third-order valence-electron chi connectivity index (χ3n) is 6.43. The SMILES string of the molecule is c1ccc(CSc2nnc(-c3ccc(OCCCN4CCCC4)cc3)c3c2CCC3)cc1. The van der Waals surface area contributed by atoms with Crippen LogP contribution in [-0.4, -0.2) is 41.3 Å². The Labute approximate surface area is 195 Å². The van der Waals surface area contributed by atoms with Crippen molar-refractivity contribution >= 4 is 11.8 Å². The molecule has 0 amide bonds. The molecule has 0 N–H and O–H groups in total. The highest BCUT2D eigenvalue weighted by molar-refractivity contribution is 7.98. The first kappa shape index (κ1) is 21.5. The smallest absolute Gasteiger partial charge is 0.123 e. The van der Waals surface area contributed by atoms with Gasteiger partial charge in [0.25, 0.3) is 0 Å². The van der Waals surface area contributed by atoms with Crippen LogP contribution in [0.2, 0.25) is 0 Å². The molecule has 1 aliphatic carbocycles. The number of aromatic nitrogens is 2. The minimum atomic E-state index is 0.776. The van der Waals surface area contributed by atoms with Crippen molar-refractivity contribution in [3.05, 3.63) is 71.3 Å². The molecule has 2 aromatic carbocycles. The summed E-state index contributed by atoms with van der Waals surface area (Å²) in [5.41, 5.74) is 6.29. The molecule has 1 aromatic heterocycles. The molecule has 1 saturated heterocycles. The maximum Gasteiger partial charge on any atom is 0.123 e. The fraction of sp³-hybridized carbons (Fsp3) is 0.407. The van der Waals surface area contributed by atoms with E-state index < -0.39 is 0 Å². The van der Waals surface area contributed by atoms with E-state index >= 15 is 0 Å². The molecule has 2 aliphatic rings. The molecule has 0 atom stereocenters. The molecular formula is C27H31N3OS. The van der Waals surface area contributed by atoms with Crippen LogP contribution in [0.25, 0.3) is 11.3 Å². The van der Waals surface area contributed by atoms with Crippen molar-refractivity contribution in [2.45, 2.75) is 49.3 Å². The number of likely N-dealkylation sites (tertiary alicyclic amines) is 1. The lowest BCUT2D eigenvalue weighted by Gasteiger charge is -2.14. The lowest BCUT2D eigenvalue weighted by Crippen LogP contribution is -2.21. The zero-order valence-electron chi connectivity index (χ0n) is 18.6. The fourth-order valence-electron chi connectivity index (χ4n) is 4.72. The van der Waals surface area contributed by atoms with Crippen LogP contribution in [0.1, 0.15) is 42.4 Å². The van der Waals surface area contributed by atoms with E-state index in [2.05, 4.69) is 69.7 Å². The molecule has 5 heteroatoms. The van der Waals surface area contributed by atoms with Crippen molar-refractivity contribution in [1.82, 2.24) is 15.1 Å². The average molecular weight is 446 g/mol. The maximum absolute atomic E-state index is 5.98. The standard InChI is InChI=1S/C27H31N3OS/c1-2-8-21(9-3-1)20-32-27-25-11-6-10-24(25)26(28-29-27)22-12-14-23(15-13-22)31-19-7-18-30-16-4-5-17-30/h1-3,8-9,12-15H,4-7,10-11,16-20H2. The van der Waals surface area contributed by atoms with Gasteiger partial charge < -0.3 is 9.64 Å². The second-order valence-corrected chi connectivity index (χ2v) is 9.68. The van der Waals surface area contributed by atoms with Crippen molar-refractivity contribution in [2.24, 2.45) is 0 Å². The number of nitrogens with zero attached hydrogens (tertiary/aromatic N) is 3. The van der Waals surface area contributed by atoms with Crippen molar-refractivity contribution in [3.8, 4) is 17.0 Å². The van der Waals surface area contributed by atoms with Gasteiger partial charge in [-0.05, 0) is 92.6 Å². The molecular weight excluding hydrogens is 414 g/mol.